The lowest BCUT2D eigenvalue weighted by Gasteiger charge is -2.21. The summed E-state index contributed by atoms with van der Waals surface area (Å²) in [5.74, 6) is 2.56. The minimum atomic E-state index is -3.03. The molecule has 3 aliphatic rings. The molecule has 1 aliphatic heterocycles. The molecule has 0 unspecified atom stereocenters. The van der Waals surface area contributed by atoms with Gasteiger partial charge < -0.3 is 5.32 Å². The van der Waals surface area contributed by atoms with Crippen molar-refractivity contribution in [2.24, 2.45) is 17.8 Å². The fourth-order valence-electron chi connectivity index (χ4n) is 4.20. The number of fused-ring (bicyclic) bond motifs is 2. The van der Waals surface area contributed by atoms with Gasteiger partial charge in [0.2, 0.25) is 15.9 Å². The van der Waals surface area contributed by atoms with Crippen LogP contribution in [0.15, 0.2) is 0 Å². The van der Waals surface area contributed by atoms with E-state index in [-0.39, 0.29) is 11.7 Å². The second-order valence-electron chi connectivity index (χ2n) is 6.56. The Morgan fingerprint density at radius 1 is 1.25 bits per heavy atom. The van der Waals surface area contributed by atoms with Crippen LogP contribution in [0.3, 0.4) is 0 Å². The molecule has 114 valence electrons. The Balaban J connectivity index is 1.37. The number of hydrogen-bond acceptors (Lipinski definition) is 3. The summed E-state index contributed by atoms with van der Waals surface area (Å²) in [5.41, 5.74) is 0. The van der Waals surface area contributed by atoms with Crippen molar-refractivity contribution in [3.8, 4) is 0 Å². The maximum absolute atomic E-state index is 11.9. The summed E-state index contributed by atoms with van der Waals surface area (Å²) >= 11 is 0. The Labute approximate surface area is 121 Å². The van der Waals surface area contributed by atoms with Gasteiger partial charge in [-0.2, -0.15) is 0 Å². The third-order valence-corrected chi connectivity index (χ3v) is 7.18. The second-order valence-corrected chi connectivity index (χ2v) is 8.65. The number of nitrogens with one attached hydrogen (secondary N) is 1. The zero-order valence-corrected chi connectivity index (χ0v) is 12.7. The molecule has 0 aromatic rings. The van der Waals surface area contributed by atoms with Crippen LogP contribution in [0, 0.1) is 17.8 Å². The number of carbonyl (C=O) groups excluding carboxylic acids is 1. The molecule has 3 fully saturated rings. The van der Waals surface area contributed by atoms with E-state index in [9.17, 15) is 13.2 Å². The summed E-state index contributed by atoms with van der Waals surface area (Å²) < 4.78 is 24.7. The van der Waals surface area contributed by atoms with E-state index in [1.165, 1.54) is 30.0 Å². The van der Waals surface area contributed by atoms with E-state index in [4.69, 9.17) is 0 Å². The van der Waals surface area contributed by atoms with E-state index in [0.29, 0.717) is 38.4 Å². The highest BCUT2D eigenvalue weighted by molar-refractivity contribution is 7.89. The third kappa shape index (κ3) is 3.01. The number of rotatable bonds is 5. The van der Waals surface area contributed by atoms with Gasteiger partial charge >= 0.3 is 0 Å². The summed E-state index contributed by atoms with van der Waals surface area (Å²) in [6.07, 6.45) is 6.54. The maximum Gasteiger partial charge on any atom is 0.220 e. The summed E-state index contributed by atoms with van der Waals surface area (Å²) in [4.78, 5) is 11.9. The van der Waals surface area contributed by atoms with Crippen LogP contribution in [0.4, 0.5) is 0 Å². The van der Waals surface area contributed by atoms with E-state index in [0.717, 1.165) is 11.8 Å². The van der Waals surface area contributed by atoms with Crippen molar-refractivity contribution >= 4 is 15.9 Å². The van der Waals surface area contributed by atoms with E-state index in [1.807, 2.05) is 0 Å². The zero-order chi connectivity index (χ0) is 14.2. The van der Waals surface area contributed by atoms with Crippen LogP contribution in [0.2, 0.25) is 0 Å². The Morgan fingerprint density at radius 3 is 2.70 bits per heavy atom. The molecule has 20 heavy (non-hydrogen) atoms. The Bertz CT molecular complexity index is 477. The molecule has 2 aliphatic carbocycles. The lowest BCUT2D eigenvalue weighted by molar-refractivity contribution is -0.122. The quantitative estimate of drug-likeness (QED) is 0.822. The molecule has 0 radical (unpaired) electrons. The van der Waals surface area contributed by atoms with Gasteiger partial charge in [0.25, 0.3) is 0 Å². The van der Waals surface area contributed by atoms with E-state index >= 15 is 0 Å². The van der Waals surface area contributed by atoms with Gasteiger partial charge in [0, 0.05) is 26.1 Å². The highest BCUT2D eigenvalue weighted by Gasteiger charge is 2.40. The van der Waals surface area contributed by atoms with E-state index in [1.54, 1.807) is 0 Å². The predicted molar refractivity (Wildman–Crippen MR) is 76.5 cm³/mol. The summed E-state index contributed by atoms with van der Waals surface area (Å²) in [7, 11) is -3.03. The van der Waals surface area contributed by atoms with Gasteiger partial charge in [0.05, 0.1) is 5.75 Å². The highest BCUT2D eigenvalue weighted by Crippen LogP contribution is 2.49. The highest BCUT2D eigenvalue weighted by atomic mass is 32.2. The Hall–Kier alpha value is -0.620. The lowest BCUT2D eigenvalue weighted by Crippen LogP contribution is -2.36. The van der Waals surface area contributed by atoms with Crippen molar-refractivity contribution in [3.63, 3.8) is 0 Å². The number of amides is 1. The van der Waals surface area contributed by atoms with Gasteiger partial charge in [-0.05, 0) is 43.4 Å². The van der Waals surface area contributed by atoms with Gasteiger partial charge in [0.1, 0.15) is 0 Å². The van der Waals surface area contributed by atoms with Crippen LogP contribution in [-0.4, -0.2) is 44.0 Å². The molecule has 3 rings (SSSR count). The SMILES string of the molecule is O=C(C[C@@H]1C[C@H]2CC[C@H]1C2)NCCN1CCCS1(=O)=O. The molecule has 3 atom stereocenters. The van der Waals surface area contributed by atoms with Crippen LogP contribution in [-0.2, 0) is 14.8 Å². The molecule has 2 saturated carbocycles. The average Bonchev–Trinajstić information content (AvgIpc) is 3.05. The molecule has 1 N–H and O–H groups in total. The van der Waals surface area contributed by atoms with Crippen LogP contribution >= 0.6 is 0 Å². The smallest absolute Gasteiger partial charge is 0.220 e. The lowest BCUT2D eigenvalue weighted by atomic mass is 9.86. The first-order valence-electron chi connectivity index (χ1n) is 7.79. The van der Waals surface area contributed by atoms with Crippen molar-refractivity contribution in [1.29, 1.82) is 0 Å². The molecular formula is C14H24N2O3S. The first kappa shape index (κ1) is 14.3. The first-order chi connectivity index (χ1) is 9.54. The molecule has 1 heterocycles. The largest absolute Gasteiger partial charge is 0.355 e. The second kappa shape index (κ2) is 5.64. The first-order valence-corrected chi connectivity index (χ1v) is 9.40. The fourth-order valence-corrected chi connectivity index (χ4v) is 5.73. The fraction of sp³-hybridized carbons (Fsp3) is 0.929. The average molecular weight is 300 g/mol. The Kier molecular flexibility index (Phi) is 4.04. The van der Waals surface area contributed by atoms with Crippen molar-refractivity contribution < 1.29 is 13.2 Å². The molecule has 5 nitrogen and oxygen atoms in total. The van der Waals surface area contributed by atoms with Crippen molar-refractivity contribution in [3.05, 3.63) is 0 Å². The van der Waals surface area contributed by atoms with Crippen LogP contribution in [0.25, 0.3) is 0 Å². The number of hydrogen-bond donors (Lipinski definition) is 1. The molecule has 1 saturated heterocycles. The topological polar surface area (TPSA) is 66.5 Å². The number of sulfonamides is 1. The maximum atomic E-state index is 11.9. The van der Waals surface area contributed by atoms with Gasteiger partial charge in [0.15, 0.2) is 0 Å². The summed E-state index contributed by atoms with van der Waals surface area (Å²) in [5, 5.41) is 2.89. The minimum Gasteiger partial charge on any atom is -0.355 e. The number of carbonyl (C=O) groups is 1. The van der Waals surface area contributed by atoms with E-state index < -0.39 is 10.0 Å². The predicted octanol–water partition coefficient (Wildman–Crippen LogP) is 0.964. The Morgan fingerprint density at radius 2 is 2.10 bits per heavy atom. The minimum absolute atomic E-state index is 0.0964. The van der Waals surface area contributed by atoms with Crippen molar-refractivity contribution in [1.82, 2.24) is 9.62 Å². The van der Waals surface area contributed by atoms with Crippen LogP contribution < -0.4 is 5.32 Å². The molecule has 2 bridgehead atoms. The normalized spacial score (nSPS) is 35.5. The van der Waals surface area contributed by atoms with Crippen LogP contribution in [0.5, 0.6) is 0 Å². The molecule has 6 heteroatoms. The van der Waals surface area contributed by atoms with Gasteiger partial charge in [-0.25, -0.2) is 12.7 Å². The van der Waals surface area contributed by atoms with Crippen molar-refractivity contribution in [2.75, 3.05) is 25.4 Å². The van der Waals surface area contributed by atoms with Gasteiger partial charge in [-0.3, -0.25) is 4.79 Å². The summed E-state index contributed by atoms with van der Waals surface area (Å²) in [6.45, 7) is 1.47. The van der Waals surface area contributed by atoms with Crippen molar-refractivity contribution in [2.45, 2.75) is 38.5 Å². The molecular weight excluding hydrogens is 276 g/mol. The summed E-state index contributed by atoms with van der Waals surface area (Å²) in [6, 6.07) is 0. The molecule has 1 amide bonds. The molecule has 0 spiro atoms. The van der Waals surface area contributed by atoms with Gasteiger partial charge in [-0.15, -0.1) is 0 Å². The zero-order valence-electron chi connectivity index (χ0n) is 11.9. The third-order valence-electron chi connectivity index (χ3n) is 5.22. The van der Waals surface area contributed by atoms with Gasteiger partial charge in [-0.1, -0.05) is 6.42 Å². The van der Waals surface area contributed by atoms with E-state index in [2.05, 4.69) is 5.32 Å². The monoisotopic (exact) mass is 300 g/mol. The number of nitrogens with zero attached hydrogens (tertiary/aromatic N) is 1. The standard InChI is InChI=1S/C14H24N2O3S/c17-14(10-13-9-11-2-3-12(13)8-11)15-4-6-16-5-1-7-20(16,18)19/h11-13H,1-10H2,(H,15,17)/t11-,12-,13-/m0/s1. The van der Waals surface area contributed by atoms with Crippen LogP contribution in [0.1, 0.15) is 38.5 Å². The molecule has 0 aromatic carbocycles. The molecule has 0 aromatic heterocycles.